The average molecular weight is 417 g/mol. The molecule has 0 atom stereocenters. The molecule has 1 aromatic carbocycles. The van der Waals surface area contributed by atoms with Crippen molar-refractivity contribution in [2.24, 2.45) is 0 Å². The minimum absolute atomic E-state index is 0.0569. The van der Waals surface area contributed by atoms with Crippen LogP contribution in [0.4, 0.5) is 13.2 Å². The molecule has 1 aromatic heterocycles. The third-order valence-corrected chi connectivity index (χ3v) is 4.56. The minimum Gasteiger partial charge on any atom is -0.466 e. The molecule has 0 radical (unpaired) electrons. The standard InChI is InChI=1S/C18H18F3NO5S/c1-2-26-16(23)9-8-14-11-15(10-13-6-4-3-5-7-13)17(22-12-14)27-28(24,25)18(19,20)21/h3-7,11-12H,2,8-10H2,1H3. The Bertz CT molecular complexity index is 915. The third kappa shape index (κ3) is 5.95. The van der Waals surface area contributed by atoms with Crippen molar-refractivity contribution in [2.75, 3.05) is 6.61 Å². The number of ether oxygens (including phenoxy) is 1. The van der Waals surface area contributed by atoms with Gasteiger partial charge < -0.3 is 8.92 Å². The van der Waals surface area contributed by atoms with E-state index in [4.69, 9.17) is 4.74 Å². The smallest absolute Gasteiger partial charge is 0.466 e. The summed E-state index contributed by atoms with van der Waals surface area (Å²) < 4.78 is 69.7. The topological polar surface area (TPSA) is 82.6 Å². The predicted octanol–water partition coefficient (Wildman–Crippen LogP) is 3.40. The van der Waals surface area contributed by atoms with E-state index in [1.807, 2.05) is 0 Å². The summed E-state index contributed by atoms with van der Waals surface area (Å²) in [7, 11) is -5.85. The van der Waals surface area contributed by atoms with Crippen molar-refractivity contribution in [1.29, 1.82) is 0 Å². The van der Waals surface area contributed by atoms with Crippen molar-refractivity contribution in [3.8, 4) is 5.88 Å². The molecular weight excluding hydrogens is 399 g/mol. The van der Waals surface area contributed by atoms with E-state index >= 15 is 0 Å². The van der Waals surface area contributed by atoms with Crippen molar-refractivity contribution in [3.05, 3.63) is 59.3 Å². The van der Waals surface area contributed by atoms with Gasteiger partial charge in [0.25, 0.3) is 0 Å². The van der Waals surface area contributed by atoms with Crippen LogP contribution in [-0.4, -0.2) is 31.5 Å². The summed E-state index contributed by atoms with van der Waals surface area (Å²) in [4.78, 5) is 15.2. The molecule has 1 heterocycles. The van der Waals surface area contributed by atoms with Gasteiger partial charge in [0.15, 0.2) is 0 Å². The van der Waals surface area contributed by atoms with Crippen LogP contribution < -0.4 is 4.18 Å². The Hall–Kier alpha value is -2.62. The van der Waals surface area contributed by atoms with E-state index in [9.17, 15) is 26.4 Å². The molecule has 28 heavy (non-hydrogen) atoms. The van der Waals surface area contributed by atoms with Crippen LogP contribution in [0.3, 0.4) is 0 Å². The molecule has 0 unspecified atom stereocenters. The number of carbonyl (C=O) groups excluding carboxylic acids is 1. The highest BCUT2D eigenvalue weighted by Gasteiger charge is 2.49. The molecule has 0 aliphatic rings. The van der Waals surface area contributed by atoms with Gasteiger partial charge in [0.1, 0.15) is 0 Å². The van der Waals surface area contributed by atoms with Gasteiger partial charge in [0.05, 0.1) is 6.61 Å². The van der Waals surface area contributed by atoms with Gasteiger partial charge in [-0.2, -0.15) is 21.6 Å². The average Bonchev–Trinajstić information content (AvgIpc) is 2.62. The lowest BCUT2D eigenvalue weighted by molar-refractivity contribution is -0.143. The second kappa shape index (κ2) is 9.05. The summed E-state index contributed by atoms with van der Waals surface area (Å²) in [6.07, 6.45) is 1.57. The number of halogens is 3. The first-order valence-electron chi connectivity index (χ1n) is 8.30. The molecule has 2 aromatic rings. The van der Waals surface area contributed by atoms with Crippen LogP contribution >= 0.6 is 0 Å². The van der Waals surface area contributed by atoms with E-state index in [0.29, 0.717) is 5.56 Å². The Morgan fingerprint density at radius 3 is 2.43 bits per heavy atom. The van der Waals surface area contributed by atoms with E-state index in [-0.39, 0.29) is 31.4 Å². The maximum absolute atomic E-state index is 12.6. The number of alkyl halides is 3. The molecule has 0 aliphatic heterocycles. The van der Waals surface area contributed by atoms with Crippen molar-refractivity contribution < 1.29 is 35.3 Å². The number of pyridine rings is 1. The number of rotatable bonds is 8. The van der Waals surface area contributed by atoms with Crippen LogP contribution in [0.25, 0.3) is 0 Å². The molecular formula is C18H18F3NO5S. The molecule has 0 fully saturated rings. The molecule has 0 N–H and O–H groups in total. The molecule has 6 nitrogen and oxygen atoms in total. The van der Waals surface area contributed by atoms with Crippen LogP contribution in [0, 0.1) is 0 Å². The van der Waals surface area contributed by atoms with E-state index in [1.165, 1.54) is 12.3 Å². The van der Waals surface area contributed by atoms with Gasteiger partial charge in [-0.15, -0.1) is 0 Å². The fourth-order valence-corrected chi connectivity index (χ4v) is 2.78. The van der Waals surface area contributed by atoms with E-state index in [2.05, 4.69) is 9.17 Å². The van der Waals surface area contributed by atoms with Crippen LogP contribution in [-0.2, 0) is 32.5 Å². The number of aryl methyl sites for hydroxylation is 1. The number of aromatic nitrogens is 1. The second-order valence-electron chi connectivity index (χ2n) is 5.76. The molecule has 0 saturated heterocycles. The van der Waals surface area contributed by atoms with Gasteiger partial charge in [-0.3, -0.25) is 4.79 Å². The fraction of sp³-hybridized carbons (Fsp3) is 0.333. The Kier molecular flexibility index (Phi) is 7.00. The Morgan fingerprint density at radius 1 is 1.14 bits per heavy atom. The van der Waals surface area contributed by atoms with Crippen molar-refractivity contribution in [1.82, 2.24) is 4.98 Å². The highest BCUT2D eigenvalue weighted by molar-refractivity contribution is 7.87. The van der Waals surface area contributed by atoms with Crippen LogP contribution in [0.2, 0.25) is 0 Å². The third-order valence-electron chi connectivity index (χ3n) is 3.61. The molecule has 0 amide bonds. The summed E-state index contributed by atoms with van der Waals surface area (Å²) >= 11 is 0. The first-order valence-corrected chi connectivity index (χ1v) is 9.71. The SMILES string of the molecule is CCOC(=O)CCc1cnc(OS(=O)(=O)C(F)(F)F)c(Cc2ccccc2)c1. The van der Waals surface area contributed by atoms with Crippen LogP contribution in [0.15, 0.2) is 42.6 Å². The lowest BCUT2D eigenvalue weighted by Gasteiger charge is -2.13. The molecule has 152 valence electrons. The largest absolute Gasteiger partial charge is 0.534 e. The first kappa shape index (κ1) is 21.7. The maximum atomic E-state index is 12.6. The maximum Gasteiger partial charge on any atom is 0.534 e. The zero-order valence-corrected chi connectivity index (χ0v) is 15.7. The van der Waals surface area contributed by atoms with Gasteiger partial charge in [0.2, 0.25) is 5.88 Å². The zero-order chi connectivity index (χ0) is 20.8. The highest BCUT2D eigenvalue weighted by atomic mass is 32.2. The Morgan fingerprint density at radius 2 is 1.82 bits per heavy atom. The van der Waals surface area contributed by atoms with Crippen LogP contribution in [0.5, 0.6) is 5.88 Å². The molecule has 0 saturated carbocycles. The Labute approximate surface area is 160 Å². The molecule has 0 spiro atoms. The lowest BCUT2D eigenvalue weighted by Crippen LogP contribution is -2.28. The predicted molar refractivity (Wildman–Crippen MR) is 94.0 cm³/mol. The molecule has 0 aliphatic carbocycles. The normalized spacial score (nSPS) is 11.9. The summed E-state index contributed by atoms with van der Waals surface area (Å²) in [5.41, 5.74) is -4.15. The van der Waals surface area contributed by atoms with Crippen LogP contribution in [0.1, 0.15) is 30.0 Å². The first-order chi connectivity index (χ1) is 13.1. The number of carbonyl (C=O) groups is 1. The summed E-state index contributed by atoms with van der Waals surface area (Å²) in [5, 5.41) is 0. The summed E-state index contributed by atoms with van der Waals surface area (Å²) in [6.45, 7) is 1.91. The number of esters is 1. The number of hydrogen-bond acceptors (Lipinski definition) is 6. The van der Waals surface area contributed by atoms with E-state index < -0.39 is 27.5 Å². The number of benzene rings is 1. The van der Waals surface area contributed by atoms with E-state index in [0.717, 1.165) is 5.56 Å². The molecule has 2 rings (SSSR count). The van der Waals surface area contributed by atoms with E-state index in [1.54, 1.807) is 37.3 Å². The van der Waals surface area contributed by atoms with Gasteiger partial charge in [-0.05, 0) is 30.5 Å². The zero-order valence-electron chi connectivity index (χ0n) is 14.9. The fourth-order valence-electron chi connectivity index (χ4n) is 2.33. The molecule has 0 bridgehead atoms. The van der Waals surface area contributed by atoms with Gasteiger partial charge in [-0.25, -0.2) is 4.98 Å². The highest BCUT2D eigenvalue weighted by Crippen LogP contribution is 2.29. The quantitative estimate of drug-likeness (QED) is 0.372. The van der Waals surface area contributed by atoms with Gasteiger partial charge >= 0.3 is 21.6 Å². The van der Waals surface area contributed by atoms with Crippen molar-refractivity contribution in [3.63, 3.8) is 0 Å². The Balaban J connectivity index is 2.31. The van der Waals surface area contributed by atoms with Crippen molar-refractivity contribution in [2.45, 2.75) is 31.7 Å². The summed E-state index contributed by atoms with van der Waals surface area (Å²) in [5.74, 6) is -1.08. The minimum atomic E-state index is -5.85. The number of nitrogens with zero attached hydrogens (tertiary/aromatic N) is 1. The molecule has 10 heteroatoms. The van der Waals surface area contributed by atoms with Crippen molar-refractivity contribution >= 4 is 16.1 Å². The van der Waals surface area contributed by atoms with Gasteiger partial charge in [0, 0.05) is 24.6 Å². The van der Waals surface area contributed by atoms with Gasteiger partial charge in [-0.1, -0.05) is 30.3 Å². The lowest BCUT2D eigenvalue weighted by atomic mass is 10.0. The monoisotopic (exact) mass is 417 g/mol. The second-order valence-corrected chi connectivity index (χ2v) is 7.30. The summed E-state index contributed by atoms with van der Waals surface area (Å²) in [6, 6.07) is 10.2. The number of hydrogen-bond donors (Lipinski definition) is 0.